The maximum atomic E-state index is 11.9. The van der Waals surface area contributed by atoms with Crippen molar-refractivity contribution in [3.8, 4) is 5.75 Å². The van der Waals surface area contributed by atoms with E-state index < -0.39 is 16.1 Å². The van der Waals surface area contributed by atoms with Crippen LogP contribution in [0.3, 0.4) is 0 Å². The molecule has 6 nitrogen and oxygen atoms in total. The zero-order valence-corrected chi connectivity index (χ0v) is 14.2. The first kappa shape index (κ1) is 18.0. The van der Waals surface area contributed by atoms with Crippen LogP contribution in [-0.4, -0.2) is 14.5 Å². The molecule has 1 amide bonds. The lowest BCUT2D eigenvalue weighted by Gasteiger charge is -2.12. The molecule has 0 bridgehead atoms. The van der Waals surface area contributed by atoms with Gasteiger partial charge >= 0.3 is 6.09 Å². The summed E-state index contributed by atoms with van der Waals surface area (Å²) in [4.78, 5) is 11.8. The molecule has 0 aromatic heterocycles. The molecule has 0 saturated heterocycles. The van der Waals surface area contributed by atoms with E-state index >= 15 is 0 Å². The van der Waals surface area contributed by atoms with Crippen molar-refractivity contribution in [3.05, 3.63) is 54.1 Å². The van der Waals surface area contributed by atoms with Gasteiger partial charge in [-0.2, -0.15) is 0 Å². The van der Waals surface area contributed by atoms with Gasteiger partial charge in [0.25, 0.3) is 0 Å². The van der Waals surface area contributed by atoms with Crippen LogP contribution in [0.5, 0.6) is 5.75 Å². The number of rotatable bonds is 6. The second-order valence-corrected chi connectivity index (χ2v) is 6.84. The predicted octanol–water partition coefficient (Wildman–Crippen LogP) is 3.29. The Morgan fingerprint density at radius 1 is 1.17 bits per heavy atom. The van der Waals surface area contributed by atoms with Crippen LogP contribution in [0.25, 0.3) is 0 Å². The van der Waals surface area contributed by atoms with E-state index in [0.717, 1.165) is 24.8 Å². The molecule has 2 aromatic rings. The molecule has 0 aliphatic rings. The van der Waals surface area contributed by atoms with Crippen molar-refractivity contribution in [2.75, 3.05) is 5.32 Å². The molecule has 0 radical (unpaired) electrons. The topological polar surface area (TPSA) is 98.5 Å². The Hall–Kier alpha value is -2.38. The summed E-state index contributed by atoms with van der Waals surface area (Å²) >= 11 is 0. The van der Waals surface area contributed by atoms with Crippen LogP contribution >= 0.6 is 0 Å². The van der Waals surface area contributed by atoms with Crippen molar-refractivity contribution >= 4 is 21.8 Å². The monoisotopic (exact) mass is 348 g/mol. The molecule has 2 rings (SSSR count). The first-order valence-electron chi connectivity index (χ1n) is 7.59. The summed E-state index contributed by atoms with van der Waals surface area (Å²) in [5.74, 6) is 0.353. The molecular weight excluding hydrogens is 328 g/mol. The molecule has 128 valence electrons. The standard InChI is InChI=1S/C17H20N2O4S/c1-2-3-7-13-10-11-15(16(12-13)24(18,21)22)19-17(20)23-14-8-5-4-6-9-14/h4-6,8-12H,2-3,7H2,1H3,(H,19,20)(H2,18,21,22). The molecule has 24 heavy (non-hydrogen) atoms. The summed E-state index contributed by atoms with van der Waals surface area (Å²) in [7, 11) is -3.97. The maximum absolute atomic E-state index is 11.9. The highest BCUT2D eigenvalue weighted by Gasteiger charge is 2.17. The molecule has 0 aliphatic carbocycles. The average molecular weight is 348 g/mol. The van der Waals surface area contributed by atoms with Crippen LogP contribution in [0.4, 0.5) is 10.5 Å². The van der Waals surface area contributed by atoms with E-state index in [9.17, 15) is 13.2 Å². The molecule has 0 unspecified atom stereocenters. The number of ether oxygens (including phenoxy) is 1. The van der Waals surface area contributed by atoms with Crippen molar-refractivity contribution in [2.24, 2.45) is 5.14 Å². The van der Waals surface area contributed by atoms with Crippen molar-refractivity contribution in [1.29, 1.82) is 0 Å². The van der Waals surface area contributed by atoms with Gasteiger partial charge in [-0.1, -0.05) is 37.6 Å². The third-order valence-electron chi connectivity index (χ3n) is 3.36. The van der Waals surface area contributed by atoms with Gasteiger partial charge in [0, 0.05) is 0 Å². The van der Waals surface area contributed by atoms with Gasteiger partial charge in [-0.15, -0.1) is 0 Å². The highest BCUT2D eigenvalue weighted by atomic mass is 32.2. The molecular formula is C17H20N2O4S. The van der Waals surface area contributed by atoms with E-state index in [-0.39, 0.29) is 10.6 Å². The quantitative estimate of drug-likeness (QED) is 0.837. The Balaban J connectivity index is 2.21. The summed E-state index contributed by atoms with van der Waals surface area (Å²) in [5, 5.41) is 7.69. The number of unbranched alkanes of at least 4 members (excludes halogenated alkanes) is 1. The minimum Gasteiger partial charge on any atom is -0.410 e. The van der Waals surface area contributed by atoms with Crippen LogP contribution in [-0.2, 0) is 16.4 Å². The van der Waals surface area contributed by atoms with Crippen molar-refractivity contribution < 1.29 is 17.9 Å². The molecule has 0 heterocycles. The summed E-state index contributed by atoms with van der Waals surface area (Å²) in [6.45, 7) is 2.05. The van der Waals surface area contributed by atoms with E-state index in [1.807, 2.05) is 0 Å². The average Bonchev–Trinajstić information content (AvgIpc) is 2.53. The van der Waals surface area contributed by atoms with Gasteiger partial charge in [0.2, 0.25) is 10.0 Å². The normalized spacial score (nSPS) is 11.1. The van der Waals surface area contributed by atoms with Gasteiger partial charge in [-0.25, -0.2) is 18.4 Å². The Morgan fingerprint density at radius 2 is 1.88 bits per heavy atom. The lowest BCUT2D eigenvalue weighted by atomic mass is 10.1. The molecule has 0 atom stereocenters. The van der Waals surface area contributed by atoms with E-state index in [1.165, 1.54) is 12.1 Å². The Kier molecular flexibility index (Phi) is 5.94. The highest BCUT2D eigenvalue weighted by molar-refractivity contribution is 7.89. The second kappa shape index (κ2) is 7.94. The van der Waals surface area contributed by atoms with Crippen LogP contribution in [0.1, 0.15) is 25.3 Å². The Labute approximate surface area is 141 Å². The number of hydrogen-bond donors (Lipinski definition) is 2. The largest absolute Gasteiger partial charge is 0.417 e. The van der Waals surface area contributed by atoms with Crippen LogP contribution in [0.15, 0.2) is 53.4 Å². The predicted molar refractivity (Wildman–Crippen MR) is 92.5 cm³/mol. The van der Waals surface area contributed by atoms with Crippen LogP contribution in [0.2, 0.25) is 0 Å². The minimum atomic E-state index is -3.97. The fourth-order valence-electron chi connectivity index (χ4n) is 2.17. The third kappa shape index (κ3) is 5.07. The second-order valence-electron chi connectivity index (χ2n) is 5.31. The van der Waals surface area contributed by atoms with E-state index in [2.05, 4.69) is 12.2 Å². The number of anilines is 1. The number of nitrogens with one attached hydrogen (secondary N) is 1. The summed E-state index contributed by atoms with van der Waals surface area (Å²) < 4.78 is 28.7. The molecule has 2 aromatic carbocycles. The fourth-order valence-corrected chi connectivity index (χ4v) is 2.91. The number of carbonyl (C=O) groups excluding carboxylic acids is 1. The first-order chi connectivity index (χ1) is 11.4. The van der Waals surface area contributed by atoms with E-state index in [0.29, 0.717) is 5.75 Å². The van der Waals surface area contributed by atoms with Gasteiger partial charge in [-0.05, 0) is 42.7 Å². The van der Waals surface area contributed by atoms with Crippen LogP contribution < -0.4 is 15.2 Å². The number of carbonyl (C=O) groups is 1. The van der Waals surface area contributed by atoms with Gasteiger partial charge < -0.3 is 4.74 Å². The van der Waals surface area contributed by atoms with Crippen molar-refractivity contribution in [1.82, 2.24) is 0 Å². The molecule has 0 fully saturated rings. The smallest absolute Gasteiger partial charge is 0.410 e. The molecule has 0 aliphatic heterocycles. The SMILES string of the molecule is CCCCc1ccc(NC(=O)Oc2ccccc2)c(S(N)(=O)=O)c1. The number of hydrogen-bond acceptors (Lipinski definition) is 4. The number of amides is 1. The third-order valence-corrected chi connectivity index (χ3v) is 4.31. The molecule has 0 spiro atoms. The minimum absolute atomic E-state index is 0.0960. The number of sulfonamides is 1. The summed E-state index contributed by atoms with van der Waals surface area (Å²) in [6.07, 6.45) is 1.89. The number of benzene rings is 2. The lowest BCUT2D eigenvalue weighted by molar-refractivity contribution is 0.215. The summed E-state index contributed by atoms with van der Waals surface area (Å²) in [5.41, 5.74) is 0.946. The zero-order chi connectivity index (χ0) is 17.6. The van der Waals surface area contributed by atoms with Gasteiger partial charge in [0.15, 0.2) is 0 Å². The Morgan fingerprint density at radius 3 is 2.50 bits per heavy atom. The van der Waals surface area contributed by atoms with E-state index in [4.69, 9.17) is 9.88 Å². The maximum Gasteiger partial charge on any atom is 0.417 e. The first-order valence-corrected chi connectivity index (χ1v) is 9.14. The number of nitrogens with two attached hydrogens (primary N) is 1. The van der Waals surface area contributed by atoms with Gasteiger partial charge in [0.05, 0.1) is 5.69 Å². The number of para-hydroxylation sites is 1. The summed E-state index contributed by atoms with van der Waals surface area (Å²) in [6, 6.07) is 13.3. The lowest BCUT2D eigenvalue weighted by Crippen LogP contribution is -2.21. The highest BCUT2D eigenvalue weighted by Crippen LogP contribution is 2.23. The van der Waals surface area contributed by atoms with Crippen LogP contribution in [0, 0.1) is 0 Å². The zero-order valence-electron chi connectivity index (χ0n) is 13.4. The fraction of sp³-hybridized carbons (Fsp3) is 0.235. The molecule has 3 N–H and O–H groups in total. The molecule has 0 saturated carbocycles. The van der Waals surface area contributed by atoms with Crippen molar-refractivity contribution in [2.45, 2.75) is 31.1 Å². The van der Waals surface area contributed by atoms with Gasteiger partial charge in [0.1, 0.15) is 10.6 Å². The number of aryl methyl sites for hydroxylation is 1. The Bertz CT molecular complexity index is 805. The molecule has 7 heteroatoms. The number of primary sulfonamides is 1. The van der Waals surface area contributed by atoms with Gasteiger partial charge in [-0.3, -0.25) is 5.32 Å². The van der Waals surface area contributed by atoms with E-state index in [1.54, 1.807) is 36.4 Å². The van der Waals surface area contributed by atoms with Crippen molar-refractivity contribution in [3.63, 3.8) is 0 Å².